The summed E-state index contributed by atoms with van der Waals surface area (Å²) in [5.74, 6) is -4.05. The van der Waals surface area contributed by atoms with Crippen LogP contribution >= 0.6 is 0 Å². The molecule has 1 heterocycles. The highest BCUT2D eigenvalue weighted by molar-refractivity contribution is 5.73. The van der Waals surface area contributed by atoms with Crippen LogP contribution in [0.25, 0.3) is 0 Å². The minimum atomic E-state index is -5.08. The number of aromatic nitrogens is 3. The van der Waals surface area contributed by atoms with E-state index in [0.717, 1.165) is 0 Å². The van der Waals surface area contributed by atoms with Gasteiger partial charge in [0, 0.05) is 6.54 Å². The Kier molecular flexibility index (Phi) is 8.58. The van der Waals surface area contributed by atoms with Crippen molar-refractivity contribution in [2.45, 2.75) is 25.6 Å². The van der Waals surface area contributed by atoms with Gasteiger partial charge in [-0.25, -0.2) is 9.48 Å². The maximum absolute atomic E-state index is 12.2. The molecule has 0 unspecified atom stereocenters. The molecule has 0 spiro atoms. The molecule has 0 aliphatic rings. The van der Waals surface area contributed by atoms with Crippen molar-refractivity contribution < 1.29 is 50.9 Å². The molecule has 0 amide bonds. The van der Waals surface area contributed by atoms with Crippen LogP contribution in [0.2, 0.25) is 0 Å². The van der Waals surface area contributed by atoms with Crippen molar-refractivity contribution in [2.24, 2.45) is 0 Å². The third-order valence-electron chi connectivity index (χ3n) is 2.89. The largest absolute Gasteiger partial charge is 0.573 e. The fourth-order valence-corrected chi connectivity index (χ4v) is 1.82. The summed E-state index contributed by atoms with van der Waals surface area (Å²) in [4.78, 5) is 19.3. The number of ether oxygens (including phenoxy) is 1. The van der Waals surface area contributed by atoms with Crippen molar-refractivity contribution in [1.29, 1.82) is 0 Å². The highest BCUT2D eigenvalue weighted by Crippen LogP contribution is 2.23. The molecule has 15 heteroatoms. The van der Waals surface area contributed by atoms with Gasteiger partial charge in [-0.2, -0.15) is 13.2 Å². The quantitative estimate of drug-likeness (QED) is 0.554. The molecule has 166 valence electrons. The number of carboxylic acid groups (broad SMARTS) is 2. The molecular weight excluding hydrogens is 430 g/mol. The Bertz CT molecular complexity index is 853. The molecule has 0 bridgehead atoms. The Hall–Kier alpha value is -3.36. The second kappa shape index (κ2) is 10.4. The molecule has 0 saturated heterocycles. The number of alkyl halides is 6. The number of halogens is 6. The van der Waals surface area contributed by atoms with Crippen molar-refractivity contribution in [1.82, 2.24) is 20.3 Å². The number of carbonyl (C=O) groups is 2. The Morgan fingerprint density at radius 1 is 1.13 bits per heavy atom. The monoisotopic (exact) mass is 444 g/mol. The first-order valence-electron chi connectivity index (χ1n) is 7.72. The van der Waals surface area contributed by atoms with Crippen LogP contribution in [0.5, 0.6) is 5.75 Å². The van der Waals surface area contributed by atoms with E-state index in [1.807, 2.05) is 0 Å². The predicted molar refractivity (Wildman–Crippen MR) is 85.3 cm³/mol. The van der Waals surface area contributed by atoms with E-state index in [9.17, 15) is 31.1 Å². The normalized spacial score (nSPS) is 11.4. The number of nitrogens with zero attached hydrogens (tertiary/aromatic N) is 3. The average molecular weight is 444 g/mol. The maximum atomic E-state index is 12.2. The third-order valence-corrected chi connectivity index (χ3v) is 2.89. The molecule has 3 N–H and O–H groups in total. The third kappa shape index (κ3) is 10.3. The summed E-state index contributed by atoms with van der Waals surface area (Å²) < 4.78 is 73.6. The topological polar surface area (TPSA) is 127 Å². The average Bonchev–Trinajstić information content (AvgIpc) is 3.00. The lowest BCUT2D eigenvalue weighted by Crippen LogP contribution is -2.22. The van der Waals surface area contributed by atoms with Crippen LogP contribution in [0.3, 0.4) is 0 Å². The first-order chi connectivity index (χ1) is 13.8. The van der Waals surface area contributed by atoms with E-state index >= 15 is 0 Å². The summed E-state index contributed by atoms with van der Waals surface area (Å²) in [6.07, 6.45) is -8.25. The standard InChI is InChI=1S/C13H13F3N4O3.C2HF3O2/c14-13(15,16)23-11-3-1-2-9(4-11)7-20-8-10(18-19-20)5-17-6-12(21)22;3-2(4,5)1(6)7/h1-4,8,17H,5-7H2,(H,21,22);(H,6,7). The Labute approximate surface area is 163 Å². The predicted octanol–water partition coefficient (Wildman–Crippen LogP) is 2.03. The summed E-state index contributed by atoms with van der Waals surface area (Å²) in [5, 5.41) is 25.9. The highest BCUT2D eigenvalue weighted by atomic mass is 19.4. The second-order valence-corrected chi connectivity index (χ2v) is 5.40. The van der Waals surface area contributed by atoms with Crippen molar-refractivity contribution >= 4 is 11.9 Å². The number of hydrogen-bond acceptors (Lipinski definition) is 6. The van der Waals surface area contributed by atoms with Gasteiger partial charge < -0.3 is 20.3 Å². The van der Waals surface area contributed by atoms with Gasteiger partial charge >= 0.3 is 24.5 Å². The second-order valence-electron chi connectivity index (χ2n) is 5.40. The van der Waals surface area contributed by atoms with Gasteiger partial charge in [-0.3, -0.25) is 4.79 Å². The number of carboxylic acids is 2. The zero-order valence-corrected chi connectivity index (χ0v) is 14.7. The lowest BCUT2D eigenvalue weighted by atomic mass is 10.2. The summed E-state index contributed by atoms with van der Waals surface area (Å²) in [7, 11) is 0. The first kappa shape index (κ1) is 24.7. The van der Waals surface area contributed by atoms with Crippen LogP contribution < -0.4 is 10.1 Å². The van der Waals surface area contributed by atoms with Crippen LogP contribution in [0.4, 0.5) is 26.3 Å². The molecule has 1 aromatic carbocycles. The fraction of sp³-hybridized carbons (Fsp3) is 0.333. The molecule has 0 atom stereocenters. The Morgan fingerprint density at radius 3 is 2.30 bits per heavy atom. The van der Waals surface area contributed by atoms with Crippen molar-refractivity contribution in [3.8, 4) is 5.75 Å². The molecule has 2 rings (SSSR count). The number of hydrogen-bond donors (Lipinski definition) is 3. The van der Waals surface area contributed by atoms with Crippen LogP contribution in [-0.4, -0.2) is 56.2 Å². The summed E-state index contributed by atoms with van der Waals surface area (Å²) >= 11 is 0. The lowest BCUT2D eigenvalue weighted by Gasteiger charge is -2.09. The van der Waals surface area contributed by atoms with E-state index in [1.165, 1.54) is 22.9 Å². The molecular formula is C15H14F6N4O5. The van der Waals surface area contributed by atoms with Crippen LogP contribution in [0, 0.1) is 0 Å². The van der Waals surface area contributed by atoms with E-state index in [-0.39, 0.29) is 25.4 Å². The number of benzene rings is 1. The highest BCUT2D eigenvalue weighted by Gasteiger charge is 2.38. The van der Waals surface area contributed by atoms with Gasteiger partial charge in [0.2, 0.25) is 0 Å². The molecule has 0 saturated carbocycles. The molecule has 0 fully saturated rings. The minimum Gasteiger partial charge on any atom is -0.480 e. The number of aliphatic carboxylic acids is 2. The van der Waals surface area contributed by atoms with Crippen molar-refractivity contribution in [3.05, 3.63) is 41.7 Å². The van der Waals surface area contributed by atoms with Gasteiger partial charge in [-0.05, 0) is 17.7 Å². The zero-order chi connectivity index (χ0) is 22.9. The van der Waals surface area contributed by atoms with E-state index in [2.05, 4.69) is 20.4 Å². The minimum absolute atomic E-state index is 0.205. The van der Waals surface area contributed by atoms with Gasteiger partial charge in [-0.15, -0.1) is 18.3 Å². The van der Waals surface area contributed by atoms with Crippen molar-refractivity contribution in [2.75, 3.05) is 6.54 Å². The lowest BCUT2D eigenvalue weighted by molar-refractivity contribution is -0.274. The van der Waals surface area contributed by atoms with Crippen LogP contribution in [0.15, 0.2) is 30.5 Å². The van der Waals surface area contributed by atoms with E-state index < -0.39 is 24.5 Å². The zero-order valence-electron chi connectivity index (χ0n) is 14.7. The molecule has 1 aromatic heterocycles. The molecule has 0 radical (unpaired) electrons. The first-order valence-corrected chi connectivity index (χ1v) is 7.72. The summed E-state index contributed by atoms with van der Waals surface area (Å²) in [6.45, 7) is 0.230. The molecule has 9 nitrogen and oxygen atoms in total. The van der Waals surface area contributed by atoms with Crippen LogP contribution in [-0.2, 0) is 22.7 Å². The molecule has 0 aliphatic carbocycles. The van der Waals surface area contributed by atoms with E-state index in [0.29, 0.717) is 11.3 Å². The Balaban J connectivity index is 0.000000553. The van der Waals surface area contributed by atoms with E-state index in [4.69, 9.17) is 15.0 Å². The number of nitrogens with one attached hydrogen (secondary N) is 1. The van der Waals surface area contributed by atoms with Gasteiger partial charge in [-0.1, -0.05) is 17.3 Å². The van der Waals surface area contributed by atoms with Gasteiger partial charge in [0.1, 0.15) is 5.75 Å². The molecule has 2 aromatic rings. The van der Waals surface area contributed by atoms with E-state index in [1.54, 1.807) is 12.3 Å². The van der Waals surface area contributed by atoms with Gasteiger partial charge in [0.15, 0.2) is 0 Å². The van der Waals surface area contributed by atoms with Crippen LogP contribution in [0.1, 0.15) is 11.3 Å². The SMILES string of the molecule is O=C(O)C(F)(F)F.O=C(O)CNCc1cn(Cc2cccc(OC(F)(F)F)c2)nn1. The van der Waals surface area contributed by atoms with Crippen molar-refractivity contribution in [3.63, 3.8) is 0 Å². The van der Waals surface area contributed by atoms with Gasteiger partial charge in [0.25, 0.3) is 0 Å². The molecule has 30 heavy (non-hydrogen) atoms. The molecule has 0 aliphatic heterocycles. The maximum Gasteiger partial charge on any atom is 0.573 e. The Morgan fingerprint density at radius 2 is 1.77 bits per heavy atom. The van der Waals surface area contributed by atoms with Gasteiger partial charge in [0.05, 0.1) is 25.0 Å². The fourth-order valence-electron chi connectivity index (χ4n) is 1.82. The smallest absolute Gasteiger partial charge is 0.480 e. The summed E-state index contributed by atoms with van der Waals surface area (Å²) in [5.41, 5.74) is 1.08. The summed E-state index contributed by atoms with van der Waals surface area (Å²) in [6, 6.07) is 5.55. The number of rotatable bonds is 7.